The minimum Gasteiger partial charge on any atom is -0.490 e. The summed E-state index contributed by atoms with van der Waals surface area (Å²) in [7, 11) is 2.03. The van der Waals surface area contributed by atoms with Crippen LogP contribution in [0.15, 0.2) is 12.1 Å². The molecule has 122 valence electrons. The predicted molar refractivity (Wildman–Crippen MR) is 87.0 cm³/mol. The molecular weight excluding hydrogens is 278 g/mol. The number of rotatable bonds is 5. The summed E-state index contributed by atoms with van der Waals surface area (Å²) in [4.78, 5) is 0. The first-order valence-corrected chi connectivity index (χ1v) is 8.51. The molecular formula is C18H27NO3. The number of hydrogen-bond donors (Lipinski definition) is 1. The van der Waals surface area contributed by atoms with Crippen molar-refractivity contribution in [2.75, 3.05) is 20.3 Å². The van der Waals surface area contributed by atoms with E-state index in [0.717, 1.165) is 36.5 Å². The summed E-state index contributed by atoms with van der Waals surface area (Å²) in [5.74, 6) is 2.56. The second kappa shape index (κ2) is 6.37. The number of hydrogen-bond acceptors (Lipinski definition) is 4. The van der Waals surface area contributed by atoms with Gasteiger partial charge in [0.05, 0.1) is 13.2 Å². The van der Waals surface area contributed by atoms with Crippen molar-refractivity contribution in [2.45, 2.75) is 57.6 Å². The Hall–Kier alpha value is -1.42. The number of benzene rings is 1. The van der Waals surface area contributed by atoms with Gasteiger partial charge in [-0.1, -0.05) is 0 Å². The van der Waals surface area contributed by atoms with E-state index in [0.29, 0.717) is 19.3 Å². The van der Waals surface area contributed by atoms with Crippen LogP contribution >= 0.6 is 0 Å². The van der Waals surface area contributed by atoms with Crippen LogP contribution in [-0.2, 0) is 0 Å². The lowest BCUT2D eigenvalue weighted by Gasteiger charge is -2.40. The number of fused-ring (bicyclic) bond motifs is 1. The van der Waals surface area contributed by atoms with Crippen molar-refractivity contribution < 1.29 is 14.2 Å². The molecule has 1 aliphatic carbocycles. The van der Waals surface area contributed by atoms with Crippen molar-refractivity contribution in [2.24, 2.45) is 0 Å². The van der Waals surface area contributed by atoms with Crippen LogP contribution in [0.2, 0.25) is 0 Å². The van der Waals surface area contributed by atoms with E-state index in [9.17, 15) is 0 Å². The van der Waals surface area contributed by atoms with Crippen molar-refractivity contribution in [3.63, 3.8) is 0 Å². The van der Waals surface area contributed by atoms with Gasteiger partial charge in [-0.3, -0.25) is 0 Å². The fourth-order valence-corrected chi connectivity index (χ4v) is 3.79. The van der Waals surface area contributed by atoms with Crippen LogP contribution in [0.1, 0.15) is 57.6 Å². The van der Waals surface area contributed by atoms with E-state index in [1.807, 2.05) is 27.0 Å². The maximum atomic E-state index is 6.46. The van der Waals surface area contributed by atoms with Gasteiger partial charge in [0.1, 0.15) is 11.4 Å². The maximum Gasteiger partial charge on any atom is 0.164 e. The Morgan fingerprint density at radius 3 is 2.36 bits per heavy atom. The van der Waals surface area contributed by atoms with E-state index < -0.39 is 0 Å². The highest BCUT2D eigenvalue weighted by atomic mass is 16.5. The summed E-state index contributed by atoms with van der Waals surface area (Å²) in [5.41, 5.74) is 1.20. The van der Waals surface area contributed by atoms with Crippen LogP contribution < -0.4 is 19.5 Å². The Bertz CT molecular complexity index is 523. The lowest BCUT2D eigenvalue weighted by Crippen LogP contribution is -2.41. The second-order valence-corrected chi connectivity index (χ2v) is 6.24. The van der Waals surface area contributed by atoms with Gasteiger partial charge in [0.15, 0.2) is 11.5 Å². The molecule has 2 aliphatic rings. The minimum absolute atomic E-state index is 0.0112. The predicted octanol–water partition coefficient (Wildman–Crippen LogP) is 3.84. The van der Waals surface area contributed by atoms with E-state index in [2.05, 4.69) is 11.4 Å². The lowest BCUT2D eigenvalue weighted by atomic mass is 9.86. The molecule has 1 N–H and O–H groups in total. The summed E-state index contributed by atoms with van der Waals surface area (Å²) >= 11 is 0. The highest BCUT2D eigenvalue weighted by molar-refractivity contribution is 5.53. The van der Waals surface area contributed by atoms with Crippen LogP contribution in [-0.4, -0.2) is 25.9 Å². The zero-order valence-corrected chi connectivity index (χ0v) is 13.9. The van der Waals surface area contributed by atoms with Gasteiger partial charge in [0.25, 0.3) is 0 Å². The molecule has 22 heavy (non-hydrogen) atoms. The van der Waals surface area contributed by atoms with Gasteiger partial charge in [-0.05, 0) is 52.6 Å². The summed E-state index contributed by atoms with van der Waals surface area (Å²) in [6.07, 6.45) is 5.88. The first kappa shape index (κ1) is 15.5. The van der Waals surface area contributed by atoms with Crippen LogP contribution in [0.4, 0.5) is 0 Å². The molecule has 4 nitrogen and oxygen atoms in total. The Kier molecular flexibility index (Phi) is 4.48. The third kappa shape index (κ3) is 2.76. The molecule has 0 saturated heterocycles. The fourth-order valence-electron chi connectivity index (χ4n) is 3.79. The van der Waals surface area contributed by atoms with E-state index in [1.54, 1.807) is 0 Å². The molecule has 0 aromatic heterocycles. The number of nitrogens with one attached hydrogen (secondary N) is 1. The molecule has 0 amide bonds. The molecule has 3 rings (SSSR count). The molecule has 1 fully saturated rings. The molecule has 4 heteroatoms. The van der Waals surface area contributed by atoms with Crippen LogP contribution in [0.3, 0.4) is 0 Å². The molecule has 1 spiro atoms. The SMILES string of the molecule is CCOc1cc2c(cc1OCC)C(NC)CC1(CCCC1)O2. The largest absolute Gasteiger partial charge is 0.490 e. The highest BCUT2D eigenvalue weighted by Gasteiger charge is 2.43. The summed E-state index contributed by atoms with van der Waals surface area (Å²) in [5, 5.41) is 3.46. The van der Waals surface area contributed by atoms with Gasteiger partial charge in [0, 0.05) is 24.1 Å². The molecule has 1 saturated carbocycles. The highest BCUT2D eigenvalue weighted by Crippen LogP contribution is 2.49. The Morgan fingerprint density at radius 1 is 1.14 bits per heavy atom. The minimum atomic E-state index is 0.0112. The van der Waals surface area contributed by atoms with Crippen molar-refractivity contribution in [3.8, 4) is 17.2 Å². The van der Waals surface area contributed by atoms with Crippen molar-refractivity contribution in [3.05, 3.63) is 17.7 Å². The monoisotopic (exact) mass is 305 g/mol. The first-order valence-electron chi connectivity index (χ1n) is 8.51. The van der Waals surface area contributed by atoms with Gasteiger partial charge >= 0.3 is 0 Å². The van der Waals surface area contributed by atoms with Crippen molar-refractivity contribution in [1.82, 2.24) is 5.32 Å². The van der Waals surface area contributed by atoms with Crippen LogP contribution in [0, 0.1) is 0 Å². The first-order chi connectivity index (χ1) is 10.7. The topological polar surface area (TPSA) is 39.7 Å². The molecule has 0 bridgehead atoms. The molecule has 1 aromatic carbocycles. The van der Waals surface area contributed by atoms with Gasteiger partial charge in [0.2, 0.25) is 0 Å². The maximum absolute atomic E-state index is 6.46. The zero-order chi connectivity index (χ0) is 15.6. The molecule has 1 aliphatic heterocycles. The fraction of sp³-hybridized carbons (Fsp3) is 0.667. The molecule has 1 aromatic rings. The Labute approximate surface area is 133 Å². The van der Waals surface area contributed by atoms with Crippen LogP contribution in [0.5, 0.6) is 17.2 Å². The van der Waals surface area contributed by atoms with Gasteiger partial charge in [-0.15, -0.1) is 0 Å². The number of ether oxygens (including phenoxy) is 3. The third-order valence-electron chi connectivity index (χ3n) is 4.82. The Balaban J connectivity index is 2.00. The second-order valence-electron chi connectivity index (χ2n) is 6.24. The smallest absolute Gasteiger partial charge is 0.164 e. The standard InChI is InChI=1S/C18H27NO3/c1-4-20-16-10-13-14(19-3)12-18(8-6-7-9-18)22-15(13)11-17(16)21-5-2/h10-11,14,19H,4-9,12H2,1-3H3. The Morgan fingerprint density at radius 2 is 1.77 bits per heavy atom. The van der Waals surface area contributed by atoms with E-state index in [1.165, 1.54) is 18.4 Å². The third-order valence-corrected chi connectivity index (χ3v) is 4.82. The molecule has 0 radical (unpaired) electrons. The van der Waals surface area contributed by atoms with E-state index >= 15 is 0 Å². The quantitative estimate of drug-likeness (QED) is 0.897. The van der Waals surface area contributed by atoms with Crippen LogP contribution in [0.25, 0.3) is 0 Å². The molecule has 1 heterocycles. The zero-order valence-electron chi connectivity index (χ0n) is 13.9. The van der Waals surface area contributed by atoms with Gasteiger partial charge in [-0.2, -0.15) is 0 Å². The van der Waals surface area contributed by atoms with Crippen molar-refractivity contribution in [1.29, 1.82) is 0 Å². The van der Waals surface area contributed by atoms with E-state index in [4.69, 9.17) is 14.2 Å². The summed E-state index contributed by atoms with van der Waals surface area (Å²) < 4.78 is 18.0. The van der Waals surface area contributed by atoms with Crippen molar-refractivity contribution >= 4 is 0 Å². The summed E-state index contributed by atoms with van der Waals surface area (Å²) in [6, 6.07) is 4.43. The van der Waals surface area contributed by atoms with Gasteiger partial charge < -0.3 is 19.5 Å². The normalized spacial score (nSPS) is 22.2. The average molecular weight is 305 g/mol. The average Bonchev–Trinajstić information content (AvgIpc) is 2.96. The van der Waals surface area contributed by atoms with Gasteiger partial charge in [-0.25, -0.2) is 0 Å². The lowest BCUT2D eigenvalue weighted by molar-refractivity contribution is 0.0374. The van der Waals surface area contributed by atoms with E-state index in [-0.39, 0.29) is 5.60 Å². The summed E-state index contributed by atoms with van der Waals surface area (Å²) in [6.45, 7) is 5.24. The molecule has 1 unspecified atom stereocenters. The molecule has 1 atom stereocenters.